The molecule has 2 aromatic carbocycles. The van der Waals surface area contributed by atoms with Gasteiger partial charge in [-0.2, -0.15) is 0 Å². The van der Waals surface area contributed by atoms with E-state index < -0.39 is 22.8 Å². The van der Waals surface area contributed by atoms with Gasteiger partial charge in [-0.15, -0.1) is 0 Å². The van der Waals surface area contributed by atoms with E-state index >= 15 is 0 Å². The Morgan fingerprint density at radius 3 is 1.96 bits per heavy atom. The lowest BCUT2D eigenvalue weighted by Crippen LogP contribution is -2.54. The molecule has 6 aliphatic rings. The second-order valence-corrected chi connectivity index (χ2v) is 12.9. The van der Waals surface area contributed by atoms with Crippen LogP contribution in [0.2, 0.25) is 0 Å². The molecule has 8 rings (SSSR count). The van der Waals surface area contributed by atoms with Gasteiger partial charge in [0.15, 0.2) is 11.2 Å². The van der Waals surface area contributed by atoms with E-state index in [2.05, 4.69) is 22.8 Å². The maximum atomic E-state index is 13.5. The molecular formula is C35H46F2N4O4. The summed E-state index contributed by atoms with van der Waals surface area (Å²) in [6.07, 6.45) is 5.31. The SMILES string of the molecule is CC.CC1CNCCC12O[C@@H]1CC[C@@H](c3cc(F)cc(F)c3)N1C2=O.O=C1N2C(CCC2c2ccccc2)OC12CCNCC2. The van der Waals surface area contributed by atoms with Crippen LogP contribution in [0.5, 0.6) is 0 Å². The standard InChI is InChI=1S/C17H20F2N2O2.C16H20N2O2.C2H6/c1-10-9-20-5-4-17(10)16(22)21-14(2-3-15(21)23-17)11-6-12(18)8-13(19)7-11;19-15-16(8-10-17-11-9-16)20-14-7-6-13(18(14)15)12-4-2-1-3-5-12;1-2/h6-8,10,14-15,20H,2-5,9H2,1H3;1-5,13-14,17H,6-11H2;1-2H3/t10?,14-,15+,17?;;/m0../s1. The number of hydrogen-bond acceptors (Lipinski definition) is 6. The van der Waals surface area contributed by atoms with E-state index in [0.29, 0.717) is 24.8 Å². The summed E-state index contributed by atoms with van der Waals surface area (Å²) in [6, 6.07) is 13.7. The maximum Gasteiger partial charge on any atom is 0.257 e. The Morgan fingerprint density at radius 1 is 0.733 bits per heavy atom. The lowest BCUT2D eigenvalue weighted by molar-refractivity contribution is -0.146. The molecule has 2 N–H and O–H groups in total. The maximum absolute atomic E-state index is 13.5. The van der Waals surface area contributed by atoms with Crippen LogP contribution in [0.3, 0.4) is 0 Å². The van der Waals surface area contributed by atoms with Crippen LogP contribution in [-0.4, -0.2) is 71.5 Å². The number of fused-ring (bicyclic) bond motifs is 2. The minimum atomic E-state index is -0.777. The summed E-state index contributed by atoms with van der Waals surface area (Å²) in [5, 5.41) is 6.59. The molecule has 0 aliphatic carbocycles. The molecule has 2 amide bonds. The predicted molar refractivity (Wildman–Crippen MR) is 166 cm³/mol. The van der Waals surface area contributed by atoms with Crippen molar-refractivity contribution in [3.63, 3.8) is 0 Å². The summed E-state index contributed by atoms with van der Waals surface area (Å²) in [6.45, 7) is 9.26. The molecule has 6 heterocycles. The predicted octanol–water partition coefficient (Wildman–Crippen LogP) is 5.21. The Hall–Kier alpha value is -2.92. The van der Waals surface area contributed by atoms with Crippen molar-refractivity contribution in [1.82, 2.24) is 20.4 Å². The van der Waals surface area contributed by atoms with Gasteiger partial charge in [0.25, 0.3) is 11.8 Å². The number of ether oxygens (including phenoxy) is 2. The average Bonchev–Trinajstić information content (AvgIpc) is 3.79. The minimum absolute atomic E-state index is 0.00851. The molecule has 0 radical (unpaired) electrons. The van der Waals surface area contributed by atoms with Crippen molar-refractivity contribution < 1.29 is 27.8 Å². The Labute approximate surface area is 264 Å². The number of carbonyl (C=O) groups excluding carboxylic acids is 2. The number of hydrogen-bond donors (Lipinski definition) is 2. The van der Waals surface area contributed by atoms with Crippen molar-refractivity contribution in [1.29, 1.82) is 0 Å². The average molecular weight is 625 g/mol. The molecule has 4 unspecified atom stereocenters. The quantitative estimate of drug-likeness (QED) is 0.478. The molecular weight excluding hydrogens is 578 g/mol. The molecule has 8 nitrogen and oxygen atoms in total. The number of nitrogens with zero attached hydrogens (tertiary/aromatic N) is 2. The van der Waals surface area contributed by atoms with E-state index in [1.807, 2.05) is 43.9 Å². The summed E-state index contributed by atoms with van der Waals surface area (Å²) in [5.41, 5.74) is 0.433. The highest BCUT2D eigenvalue weighted by Crippen LogP contribution is 2.49. The summed E-state index contributed by atoms with van der Waals surface area (Å²) in [5.74, 6) is -0.944. The minimum Gasteiger partial charge on any atom is -0.342 e. The molecule has 6 fully saturated rings. The summed E-state index contributed by atoms with van der Waals surface area (Å²) in [7, 11) is 0. The van der Waals surface area contributed by atoms with Crippen LogP contribution in [0.1, 0.15) is 88.9 Å². The van der Waals surface area contributed by atoms with Gasteiger partial charge in [0.05, 0.1) is 12.1 Å². The molecule has 6 aliphatic heterocycles. The summed E-state index contributed by atoms with van der Waals surface area (Å²) >= 11 is 0. The zero-order chi connectivity index (χ0) is 31.8. The molecule has 6 saturated heterocycles. The summed E-state index contributed by atoms with van der Waals surface area (Å²) < 4.78 is 39.5. The smallest absolute Gasteiger partial charge is 0.257 e. The molecule has 0 aromatic heterocycles. The van der Waals surface area contributed by atoms with Crippen LogP contribution in [0.25, 0.3) is 0 Å². The zero-order valence-electron chi connectivity index (χ0n) is 26.6. The molecule has 10 heteroatoms. The number of amides is 2. The van der Waals surface area contributed by atoms with Crippen LogP contribution in [-0.2, 0) is 19.1 Å². The largest absolute Gasteiger partial charge is 0.342 e. The van der Waals surface area contributed by atoms with Crippen LogP contribution >= 0.6 is 0 Å². The van der Waals surface area contributed by atoms with Gasteiger partial charge < -0.3 is 29.9 Å². The van der Waals surface area contributed by atoms with Crippen molar-refractivity contribution in [2.45, 2.75) is 101 Å². The monoisotopic (exact) mass is 624 g/mol. The molecule has 6 atom stereocenters. The highest BCUT2D eigenvalue weighted by atomic mass is 19.1. The van der Waals surface area contributed by atoms with Gasteiger partial charge in [0, 0.05) is 18.5 Å². The first-order valence-electron chi connectivity index (χ1n) is 16.7. The molecule has 2 aromatic rings. The number of piperidine rings is 2. The van der Waals surface area contributed by atoms with Crippen LogP contribution < -0.4 is 10.6 Å². The summed E-state index contributed by atoms with van der Waals surface area (Å²) in [4.78, 5) is 29.8. The van der Waals surface area contributed by atoms with E-state index in [0.717, 1.165) is 57.9 Å². The first-order chi connectivity index (χ1) is 21.8. The highest BCUT2D eigenvalue weighted by molar-refractivity contribution is 5.89. The second kappa shape index (κ2) is 13.1. The topological polar surface area (TPSA) is 83.1 Å². The molecule has 2 spiro atoms. The number of benzene rings is 2. The molecule has 0 saturated carbocycles. The van der Waals surface area contributed by atoms with Gasteiger partial charge in [-0.3, -0.25) is 9.59 Å². The van der Waals surface area contributed by atoms with E-state index in [1.54, 1.807) is 4.90 Å². The van der Waals surface area contributed by atoms with E-state index in [1.165, 1.54) is 17.7 Å². The van der Waals surface area contributed by atoms with Gasteiger partial charge in [-0.25, -0.2) is 8.78 Å². The van der Waals surface area contributed by atoms with Gasteiger partial charge in [0.1, 0.15) is 24.1 Å². The fraction of sp³-hybridized carbons (Fsp3) is 0.600. The second-order valence-electron chi connectivity index (χ2n) is 12.9. The lowest BCUT2D eigenvalue weighted by atomic mass is 9.82. The number of halogens is 2. The lowest BCUT2D eigenvalue weighted by Gasteiger charge is -2.37. The van der Waals surface area contributed by atoms with Crippen molar-refractivity contribution in [3.8, 4) is 0 Å². The Bertz CT molecular complexity index is 1350. The number of rotatable bonds is 2. The van der Waals surface area contributed by atoms with Crippen molar-refractivity contribution >= 4 is 11.8 Å². The third-order valence-corrected chi connectivity index (χ3v) is 10.4. The number of nitrogens with one attached hydrogen (secondary N) is 2. The Kier molecular flexibility index (Phi) is 9.30. The Morgan fingerprint density at radius 2 is 1.31 bits per heavy atom. The van der Waals surface area contributed by atoms with Crippen molar-refractivity contribution in [3.05, 3.63) is 71.3 Å². The first-order valence-corrected chi connectivity index (χ1v) is 16.7. The zero-order valence-corrected chi connectivity index (χ0v) is 26.6. The number of carbonyl (C=O) groups is 2. The van der Waals surface area contributed by atoms with Gasteiger partial charge >= 0.3 is 0 Å². The highest BCUT2D eigenvalue weighted by Gasteiger charge is 2.60. The fourth-order valence-electron chi connectivity index (χ4n) is 8.15. The van der Waals surface area contributed by atoms with E-state index in [-0.39, 0.29) is 42.3 Å². The molecule has 244 valence electrons. The molecule has 0 bridgehead atoms. The van der Waals surface area contributed by atoms with E-state index in [9.17, 15) is 18.4 Å². The van der Waals surface area contributed by atoms with Crippen molar-refractivity contribution in [2.24, 2.45) is 5.92 Å². The van der Waals surface area contributed by atoms with Gasteiger partial charge in [-0.05, 0) is 87.8 Å². The first kappa shape index (κ1) is 32.0. The third-order valence-electron chi connectivity index (χ3n) is 10.4. The van der Waals surface area contributed by atoms with Crippen molar-refractivity contribution in [2.75, 3.05) is 26.2 Å². The van der Waals surface area contributed by atoms with Crippen LogP contribution in [0, 0.1) is 17.6 Å². The Balaban J connectivity index is 0.000000152. The fourth-order valence-corrected chi connectivity index (χ4v) is 8.15. The van der Waals surface area contributed by atoms with E-state index in [4.69, 9.17) is 9.47 Å². The van der Waals surface area contributed by atoms with Crippen LogP contribution in [0.15, 0.2) is 48.5 Å². The normalized spacial score (nSPS) is 33.0. The third kappa shape index (κ3) is 5.68. The van der Waals surface area contributed by atoms with Gasteiger partial charge in [0.2, 0.25) is 0 Å². The molecule has 45 heavy (non-hydrogen) atoms. The van der Waals surface area contributed by atoms with Gasteiger partial charge in [-0.1, -0.05) is 51.1 Å². The van der Waals surface area contributed by atoms with Crippen LogP contribution in [0.4, 0.5) is 8.78 Å².